The van der Waals surface area contributed by atoms with Crippen molar-refractivity contribution in [1.29, 1.82) is 0 Å². The van der Waals surface area contributed by atoms with Gasteiger partial charge in [-0.15, -0.1) is 0 Å². The van der Waals surface area contributed by atoms with Crippen molar-refractivity contribution in [1.82, 2.24) is 4.90 Å². The van der Waals surface area contributed by atoms with Crippen molar-refractivity contribution in [2.45, 2.75) is 12.3 Å². The predicted octanol–water partition coefficient (Wildman–Crippen LogP) is 0.577. The van der Waals surface area contributed by atoms with Crippen molar-refractivity contribution in [3.05, 3.63) is 35.9 Å². The molecule has 1 saturated heterocycles. The van der Waals surface area contributed by atoms with Gasteiger partial charge in [-0.05, 0) is 5.56 Å². The molecule has 1 fully saturated rings. The molecule has 4 nitrogen and oxygen atoms in total. The first-order valence-corrected chi connectivity index (χ1v) is 5.35. The molecule has 1 aromatic rings. The highest BCUT2D eigenvalue weighted by Gasteiger charge is 2.25. The number of aliphatic hydroxyl groups excluding tert-OH is 1. The van der Waals surface area contributed by atoms with Gasteiger partial charge in [0.15, 0.2) is 6.29 Å². The van der Waals surface area contributed by atoms with E-state index < -0.39 is 6.29 Å². The van der Waals surface area contributed by atoms with Gasteiger partial charge in [-0.1, -0.05) is 30.3 Å². The van der Waals surface area contributed by atoms with E-state index in [0.717, 1.165) is 11.8 Å². The maximum absolute atomic E-state index is 11.1. The number of carbonyl (C=O) groups is 1. The molecule has 1 aliphatic rings. The van der Waals surface area contributed by atoms with E-state index >= 15 is 0 Å². The van der Waals surface area contributed by atoms with Gasteiger partial charge < -0.3 is 14.6 Å². The van der Waals surface area contributed by atoms with Crippen LogP contribution < -0.4 is 0 Å². The zero-order valence-electron chi connectivity index (χ0n) is 8.95. The Morgan fingerprint density at radius 3 is 2.81 bits per heavy atom. The smallest absolute Gasteiger partial charge is 0.167 e. The second kappa shape index (κ2) is 5.21. The minimum Gasteiger partial charge on any atom is -0.367 e. The number of aliphatic hydroxyl groups is 1. The van der Waals surface area contributed by atoms with Crippen molar-refractivity contribution in [3.63, 3.8) is 0 Å². The monoisotopic (exact) mass is 221 g/mol. The molecule has 1 heterocycles. The molecule has 0 spiro atoms. The quantitative estimate of drug-likeness (QED) is 0.758. The Bertz CT molecular complexity index is 341. The fourth-order valence-corrected chi connectivity index (χ4v) is 1.93. The number of hydrogen-bond acceptors (Lipinski definition) is 4. The van der Waals surface area contributed by atoms with Crippen LogP contribution in [0.25, 0.3) is 0 Å². The van der Waals surface area contributed by atoms with Gasteiger partial charge in [0.1, 0.15) is 6.29 Å². The summed E-state index contributed by atoms with van der Waals surface area (Å²) in [5.74, 6) is 0. The van der Waals surface area contributed by atoms with Crippen LogP contribution in [0.4, 0.5) is 0 Å². The van der Waals surface area contributed by atoms with Crippen LogP contribution in [0.2, 0.25) is 0 Å². The average Bonchev–Trinajstić information content (AvgIpc) is 2.31. The van der Waals surface area contributed by atoms with Crippen molar-refractivity contribution in [2.24, 2.45) is 0 Å². The number of ether oxygens (including phenoxy) is 1. The number of hydrogen-bond donors (Lipinski definition) is 1. The molecular formula is C12H15NO3. The molecule has 86 valence electrons. The number of aldehydes is 1. The van der Waals surface area contributed by atoms with E-state index in [4.69, 9.17) is 4.74 Å². The largest absolute Gasteiger partial charge is 0.367 e. The van der Waals surface area contributed by atoms with Gasteiger partial charge in [0.05, 0.1) is 19.2 Å². The second-order valence-corrected chi connectivity index (χ2v) is 3.81. The first kappa shape index (κ1) is 11.3. The summed E-state index contributed by atoms with van der Waals surface area (Å²) in [6.07, 6.45) is 0.118. The Morgan fingerprint density at radius 1 is 1.44 bits per heavy atom. The summed E-state index contributed by atoms with van der Waals surface area (Å²) in [5.41, 5.74) is 0.951. The van der Waals surface area contributed by atoms with Crippen LogP contribution in [0, 0.1) is 0 Å². The summed E-state index contributed by atoms with van der Waals surface area (Å²) in [6, 6.07) is 9.27. The Morgan fingerprint density at radius 2 is 2.19 bits per heavy atom. The third kappa shape index (κ3) is 2.47. The van der Waals surface area contributed by atoms with Crippen molar-refractivity contribution in [2.75, 3.05) is 19.7 Å². The Hall–Kier alpha value is -1.23. The maximum atomic E-state index is 11.1. The highest BCUT2D eigenvalue weighted by atomic mass is 16.6. The SMILES string of the molecule is O=CC(c1ccccc1)N1CCOC(O)C1. The zero-order valence-corrected chi connectivity index (χ0v) is 8.95. The lowest BCUT2D eigenvalue weighted by Crippen LogP contribution is -2.44. The van der Waals surface area contributed by atoms with E-state index in [1.807, 2.05) is 35.2 Å². The molecule has 2 unspecified atom stereocenters. The van der Waals surface area contributed by atoms with Crippen LogP contribution in [0.15, 0.2) is 30.3 Å². The van der Waals surface area contributed by atoms with E-state index in [1.54, 1.807) is 0 Å². The topological polar surface area (TPSA) is 49.8 Å². The van der Waals surface area contributed by atoms with Crippen LogP contribution >= 0.6 is 0 Å². The van der Waals surface area contributed by atoms with E-state index in [-0.39, 0.29) is 6.04 Å². The van der Waals surface area contributed by atoms with Crippen LogP contribution in [0.3, 0.4) is 0 Å². The molecule has 2 rings (SSSR count). The van der Waals surface area contributed by atoms with Gasteiger partial charge in [0.2, 0.25) is 0 Å². The second-order valence-electron chi connectivity index (χ2n) is 3.81. The molecule has 0 saturated carbocycles. The average molecular weight is 221 g/mol. The van der Waals surface area contributed by atoms with Crippen molar-refractivity contribution < 1.29 is 14.6 Å². The lowest BCUT2D eigenvalue weighted by molar-refractivity contribution is -0.155. The van der Waals surface area contributed by atoms with Crippen LogP contribution in [-0.2, 0) is 9.53 Å². The lowest BCUT2D eigenvalue weighted by Gasteiger charge is -2.34. The molecule has 1 N–H and O–H groups in total. The van der Waals surface area contributed by atoms with Crippen molar-refractivity contribution in [3.8, 4) is 0 Å². The van der Waals surface area contributed by atoms with Crippen LogP contribution in [0.1, 0.15) is 11.6 Å². The third-order valence-corrected chi connectivity index (χ3v) is 2.74. The Kier molecular flexibility index (Phi) is 3.66. The molecule has 0 radical (unpaired) electrons. The fraction of sp³-hybridized carbons (Fsp3) is 0.417. The number of benzene rings is 1. The third-order valence-electron chi connectivity index (χ3n) is 2.74. The first-order valence-electron chi connectivity index (χ1n) is 5.35. The molecule has 0 aromatic heterocycles. The van der Waals surface area contributed by atoms with E-state index in [1.165, 1.54) is 0 Å². The van der Waals surface area contributed by atoms with E-state index in [2.05, 4.69) is 0 Å². The zero-order chi connectivity index (χ0) is 11.4. The van der Waals surface area contributed by atoms with E-state index in [9.17, 15) is 9.90 Å². The first-order chi connectivity index (χ1) is 7.81. The summed E-state index contributed by atoms with van der Waals surface area (Å²) in [7, 11) is 0. The fourth-order valence-electron chi connectivity index (χ4n) is 1.93. The lowest BCUT2D eigenvalue weighted by atomic mass is 10.1. The van der Waals surface area contributed by atoms with Gasteiger partial charge in [0, 0.05) is 6.54 Å². The summed E-state index contributed by atoms with van der Waals surface area (Å²) >= 11 is 0. The Labute approximate surface area is 94.4 Å². The van der Waals surface area contributed by atoms with Gasteiger partial charge in [-0.3, -0.25) is 4.90 Å². The molecule has 1 aliphatic heterocycles. The molecule has 1 aromatic carbocycles. The van der Waals surface area contributed by atoms with Gasteiger partial charge in [-0.2, -0.15) is 0 Å². The van der Waals surface area contributed by atoms with Crippen LogP contribution in [-0.4, -0.2) is 42.3 Å². The molecule has 4 heteroatoms. The highest BCUT2D eigenvalue weighted by molar-refractivity contribution is 5.61. The molecule has 16 heavy (non-hydrogen) atoms. The standard InChI is InChI=1S/C12H15NO3/c14-9-11(10-4-2-1-3-5-10)13-6-7-16-12(15)8-13/h1-5,9,11-12,15H,6-8H2. The summed E-state index contributed by atoms with van der Waals surface area (Å²) in [6.45, 7) is 1.49. The molecular weight excluding hydrogens is 206 g/mol. The van der Waals surface area contributed by atoms with Crippen LogP contribution in [0.5, 0.6) is 0 Å². The minimum atomic E-state index is -0.792. The number of morpholine rings is 1. The number of rotatable bonds is 3. The molecule has 2 atom stereocenters. The highest BCUT2D eigenvalue weighted by Crippen LogP contribution is 2.20. The molecule has 0 amide bonds. The Balaban J connectivity index is 2.13. The molecule has 0 aliphatic carbocycles. The molecule has 0 bridgehead atoms. The van der Waals surface area contributed by atoms with E-state index in [0.29, 0.717) is 19.7 Å². The minimum absolute atomic E-state index is 0.292. The number of β-amino-alcohol motifs (C(OH)–C–C–N with tert-alkyl or cyclic N) is 1. The van der Waals surface area contributed by atoms with Gasteiger partial charge in [-0.25, -0.2) is 0 Å². The van der Waals surface area contributed by atoms with Crippen molar-refractivity contribution >= 4 is 6.29 Å². The van der Waals surface area contributed by atoms with Gasteiger partial charge >= 0.3 is 0 Å². The normalized spacial score (nSPS) is 23.9. The maximum Gasteiger partial charge on any atom is 0.167 e. The number of nitrogens with zero attached hydrogens (tertiary/aromatic N) is 1. The van der Waals surface area contributed by atoms with Gasteiger partial charge in [0.25, 0.3) is 0 Å². The summed E-state index contributed by atoms with van der Waals surface area (Å²) < 4.78 is 5.04. The predicted molar refractivity (Wildman–Crippen MR) is 58.8 cm³/mol. The summed E-state index contributed by atoms with van der Waals surface area (Å²) in [4.78, 5) is 13.1. The number of carbonyl (C=O) groups excluding carboxylic acids is 1. The summed E-state index contributed by atoms with van der Waals surface area (Å²) in [5, 5.41) is 9.39.